The Hall–Kier alpha value is -9.12. The molecule has 0 saturated carbocycles. The Morgan fingerprint density at radius 1 is 0.311 bits per heavy atom. The zero-order valence-corrected chi connectivity index (χ0v) is 41.5. The lowest BCUT2D eigenvalue weighted by molar-refractivity contribution is 1.13. The molecule has 0 aliphatic carbocycles. The van der Waals surface area contributed by atoms with Crippen LogP contribution in [-0.2, 0) is 0 Å². The molecule has 0 fully saturated rings. The molecule has 2 aromatic heterocycles. The average Bonchev–Trinajstić information content (AvgIpc) is 4.07. The van der Waals surface area contributed by atoms with Gasteiger partial charge in [0.2, 0.25) is 0 Å². The molecule has 4 heterocycles. The van der Waals surface area contributed by atoms with Crippen LogP contribution in [0.2, 0.25) is 0 Å². The van der Waals surface area contributed by atoms with E-state index in [4.69, 9.17) is 0 Å². The van der Waals surface area contributed by atoms with Gasteiger partial charge in [-0.15, -0.1) is 0 Å². The molecule has 0 N–H and O–H groups in total. The van der Waals surface area contributed by atoms with Gasteiger partial charge in [0.1, 0.15) is 0 Å². The van der Waals surface area contributed by atoms with Crippen LogP contribution in [0.1, 0.15) is 22.3 Å². The van der Waals surface area contributed by atoms with Gasteiger partial charge >= 0.3 is 0 Å². The van der Waals surface area contributed by atoms with E-state index in [1.807, 2.05) is 0 Å². The lowest BCUT2D eigenvalue weighted by atomic mass is 9.34. The molecule has 17 rings (SSSR count). The maximum absolute atomic E-state index is 2.67. The molecule has 0 bridgehead atoms. The Kier molecular flexibility index (Phi) is 7.83. The number of fused-ring (bicyclic) bond motifs is 20. The summed E-state index contributed by atoms with van der Waals surface area (Å²) in [6.45, 7) is 8.84. The Balaban J connectivity index is 1.11. The number of hydrogen-bond donors (Lipinski definition) is 0. The summed E-state index contributed by atoms with van der Waals surface area (Å²) >= 11 is 0. The standard InChI is InChI=1S/C70H46BN3/c1-39-13-23-54-47(29-39)19-27-60-64(54)66-56-25-15-41(3)31-49(56)35-58-69(66)73(60)62-37-53(72(51-21-17-43-9-5-7-11-45(43)33-51)52-22-18-44-10-6-8-12-46(44)34-52)38-63-68(62)71(58)59-36-50-32-42(4)16-26-57(50)67-65-55-24-14-40(2)30-48(55)20-28-61(65)74(63)70(59)67/h5-38H,1-4H3. The largest absolute Gasteiger partial charge is 0.310 e. The zero-order chi connectivity index (χ0) is 48.8. The summed E-state index contributed by atoms with van der Waals surface area (Å²) in [7, 11) is 0. The molecule has 74 heavy (non-hydrogen) atoms. The van der Waals surface area contributed by atoms with Gasteiger partial charge in [-0.2, -0.15) is 0 Å². The van der Waals surface area contributed by atoms with E-state index in [1.54, 1.807) is 0 Å². The lowest BCUT2D eigenvalue weighted by Crippen LogP contribution is -2.59. The van der Waals surface area contributed by atoms with Crippen LogP contribution in [0.4, 0.5) is 17.1 Å². The van der Waals surface area contributed by atoms with Crippen molar-refractivity contribution in [2.45, 2.75) is 27.7 Å². The van der Waals surface area contributed by atoms with Crippen molar-refractivity contribution in [2.75, 3.05) is 4.90 Å². The molecule has 0 spiro atoms. The number of benzene rings is 13. The highest BCUT2D eigenvalue weighted by Crippen LogP contribution is 2.48. The van der Waals surface area contributed by atoms with Gasteiger partial charge in [-0.3, -0.25) is 0 Å². The van der Waals surface area contributed by atoms with Crippen molar-refractivity contribution in [1.82, 2.24) is 9.13 Å². The van der Waals surface area contributed by atoms with Crippen LogP contribution < -0.4 is 21.3 Å². The topological polar surface area (TPSA) is 13.1 Å². The van der Waals surface area contributed by atoms with Gasteiger partial charge in [-0.25, -0.2) is 0 Å². The van der Waals surface area contributed by atoms with Gasteiger partial charge in [0.25, 0.3) is 6.71 Å². The number of aromatic nitrogens is 2. The SMILES string of the molecule is Cc1ccc2c(ccc3c2c2c4ccc(C)cc4cc4c2n3-c2cc(N(c3ccc5ccccc5c3)c3ccc5ccccc5c3)cc3c2B4c2cc4cc(C)ccc4c4c5c6ccc(C)cc6ccc5n-3c24)c1. The van der Waals surface area contributed by atoms with Crippen LogP contribution in [0, 0.1) is 27.7 Å². The number of hydrogen-bond acceptors (Lipinski definition) is 1. The van der Waals surface area contributed by atoms with Crippen molar-refractivity contribution in [1.29, 1.82) is 0 Å². The minimum atomic E-state index is -0.0562. The number of aryl methyl sites for hydroxylation is 4. The average molecular weight is 940 g/mol. The molecule has 3 nitrogen and oxygen atoms in total. The van der Waals surface area contributed by atoms with Crippen molar-refractivity contribution < 1.29 is 0 Å². The molecule has 2 aliphatic heterocycles. The van der Waals surface area contributed by atoms with E-state index in [-0.39, 0.29) is 6.71 Å². The highest BCUT2D eigenvalue weighted by Gasteiger charge is 2.43. The molecule has 0 amide bonds. The van der Waals surface area contributed by atoms with Crippen LogP contribution in [0.25, 0.3) is 120 Å². The van der Waals surface area contributed by atoms with Crippen LogP contribution in [-0.4, -0.2) is 15.8 Å². The second-order valence-electron chi connectivity index (χ2n) is 21.6. The van der Waals surface area contributed by atoms with Crippen molar-refractivity contribution in [2.24, 2.45) is 0 Å². The molecule has 4 heteroatoms. The summed E-state index contributed by atoms with van der Waals surface area (Å²) in [6, 6.07) is 79.5. The molecule has 0 atom stereocenters. The fourth-order valence-electron chi connectivity index (χ4n) is 14.0. The minimum absolute atomic E-state index is 0.0562. The first-order valence-electron chi connectivity index (χ1n) is 26.1. The van der Waals surface area contributed by atoms with Gasteiger partial charge < -0.3 is 14.0 Å². The van der Waals surface area contributed by atoms with Gasteiger partial charge in [0, 0.05) is 44.3 Å². The van der Waals surface area contributed by atoms with Crippen molar-refractivity contribution in [3.8, 4) is 11.4 Å². The van der Waals surface area contributed by atoms with E-state index in [9.17, 15) is 0 Å². The lowest BCUT2D eigenvalue weighted by Gasteiger charge is -2.36. The Bertz CT molecular complexity index is 4780. The number of nitrogens with zero attached hydrogens (tertiary/aromatic N) is 3. The van der Waals surface area contributed by atoms with Gasteiger partial charge in [0.15, 0.2) is 0 Å². The third-order valence-electron chi connectivity index (χ3n) is 17.1. The molecule has 0 unspecified atom stereocenters. The highest BCUT2D eigenvalue weighted by atomic mass is 15.2. The fraction of sp³-hybridized carbons (Fsp3) is 0.0571. The first kappa shape index (κ1) is 40.5. The summed E-state index contributed by atoms with van der Waals surface area (Å²) in [6.07, 6.45) is 0. The first-order valence-corrected chi connectivity index (χ1v) is 26.1. The second kappa shape index (κ2) is 14.3. The quantitative estimate of drug-likeness (QED) is 0.161. The van der Waals surface area contributed by atoms with Crippen LogP contribution in [0.5, 0.6) is 0 Å². The maximum Gasteiger partial charge on any atom is 0.252 e. The molecular formula is C70H46BN3. The Morgan fingerprint density at radius 3 is 1.15 bits per heavy atom. The normalized spacial score (nSPS) is 12.8. The van der Waals surface area contributed by atoms with E-state index in [0.29, 0.717) is 0 Å². The molecule has 15 aromatic rings. The molecule has 0 saturated heterocycles. The molecule has 13 aromatic carbocycles. The van der Waals surface area contributed by atoms with Crippen LogP contribution in [0.15, 0.2) is 206 Å². The number of anilines is 3. The van der Waals surface area contributed by atoms with Gasteiger partial charge in [-0.1, -0.05) is 180 Å². The highest BCUT2D eigenvalue weighted by molar-refractivity contribution is 7.00. The van der Waals surface area contributed by atoms with Crippen molar-refractivity contribution in [3.63, 3.8) is 0 Å². The van der Waals surface area contributed by atoms with E-state index in [2.05, 4.69) is 248 Å². The summed E-state index contributed by atoms with van der Waals surface area (Å²) in [5.41, 5.74) is 20.0. The van der Waals surface area contributed by atoms with Crippen LogP contribution in [0.3, 0.4) is 0 Å². The smallest absolute Gasteiger partial charge is 0.252 e. The van der Waals surface area contributed by atoms with E-state index in [1.165, 1.54) is 158 Å². The second-order valence-corrected chi connectivity index (χ2v) is 21.6. The van der Waals surface area contributed by atoms with E-state index >= 15 is 0 Å². The molecule has 0 radical (unpaired) electrons. The maximum atomic E-state index is 2.67. The third-order valence-corrected chi connectivity index (χ3v) is 17.1. The molecule has 344 valence electrons. The number of rotatable bonds is 3. The molecular weight excluding hydrogens is 894 g/mol. The Labute approximate surface area is 427 Å². The Morgan fingerprint density at radius 2 is 0.703 bits per heavy atom. The summed E-state index contributed by atoms with van der Waals surface area (Å²) in [5, 5.41) is 20.5. The summed E-state index contributed by atoms with van der Waals surface area (Å²) < 4.78 is 5.35. The first-order chi connectivity index (χ1) is 36.3. The van der Waals surface area contributed by atoms with E-state index in [0.717, 1.165) is 17.1 Å². The predicted molar refractivity (Wildman–Crippen MR) is 318 cm³/mol. The third kappa shape index (κ3) is 5.31. The van der Waals surface area contributed by atoms with E-state index < -0.39 is 0 Å². The van der Waals surface area contributed by atoms with Gasteiger partial charge in [0.05, 0.1) is 27.8 Å². The van der Waals surface area contributed by atoms with Crippen molar-refractivity contribution >= 4 is 148 Å². The molecule has 2 aliphatic rings. The fourth-order valence-corrected chi connectivity index (χ4v) is 14.0. The van der Waals surface area contributed by atoms with Crippen LogP contribution >= 0.6 is 0 Å². The zero-order valence-electron chi connectivity index (χ0n) is 41.5. The monoisotopic (exact) mass is 939 g/mol. The minimum Gasteiger partial charge on any atom is -0.310 e. The summed E-state index contributed by atoms with van der Waals surface area (Å²) in [5.74, 6) is 0. The van der Waals surface area contributed by atoms with Gasteiger partial charge in [-0.05, 0) is 157 Å². The predicted octanol–water partition coefficient (Wildman–Crippen LogP) is 16.6. The van der Waals surface area contributed by atoms with Crippen molar-refractivity contribution in [3.05, 3.63) is 229 Å². The summed E-state index contributed by atoms with van der Waals surface area (Å²) in [4.78, 5) is 2.52.